The van der Waals surface area contributed by atoms with E-state index in [0.717, 1.165) is 38.9 Å². The molecule has 11 rings (SSSR count). The topological polar surface area (TPSA) is 350 Å². The molecule has 2 saturated heterocycles. The van der Waals surface area contributed by atoms with Crippen LogP contribution in [-0.2, 0) is 91.2 Å². The summed E-state index contributed by atoms with van der Waals surface area (Å²) in [5.41, 5.74) is 3.77. The maximum Gasteiger partial charge on any atom is 0.407 e. The van der Waals surface area contributed by atoms with Crippen LogP contribution in [0.15, 0.2) is 231 Å². The van der Waals surface area contributed by atoms with Crippen molar-refractivity contribution in [3.8, 4) is 11.1 Å². The molecule has 26 nitrogen and oxygen atoms in total. The second kappa shape index (κ2) is 42.5. The lowest BCUT2D eigenvalue weighted by Crippen LogP contribution is -2.69. The van der Waals surface area contributed by atoms with E-state index in [1.807, 2.05) is 237 Å². The molecule has 125 heavy (non-hydrogen) atoms. The van der Waals surface area contributed by atoms with Gasteiger partial charge in [0.15, 0.2) is 18.7 Å². The first-order chi connectivity index (χ1) is 59.6. The van der Waals surface area contributed by atoms with Crippen LogP contribution in [0, 0.1) is 11.8 Å². The normalized spacial score (nSPS) is 20.7. The molecule has 5 amide bonds. The summed E-state index contributed by atoms with van der Waals surface area (Å²) < 4.78 is 61.8. The first kappa shape index (κ1) is 95.0. The molecule has 0 aromatic heterocycles. The van der Waals surface area contributed by atoms with Crippen molar-refractivity contribution in [3.63, 3.8) is 0 Å². The Morgan fingerprint density at radius 2 is 0.928 bits per heavy atom. The van der Waals surface area contributed by atoms with E-state index in [9.17, 15) is 29.7 Å². The van der Waals surface area contributed by atoms with E-state index in [1.54, 1.807) is 83.1 Å². The Morgan fingerprint density at radius 1 is 0.480 bits per heavy atom. The van der Waals surface area contributed by atoms with Crippen molar-refractivity contribution in [3.05, 3.63) is 275 Å². The first-order valence-electron chi connectivity index (χ1n) is 42.4. The zero-order valence-corrected chi connectivity index (χ0v) is 73.7. The number of benzene rings is 8. The van der Waals surface area contributed by atoms with E-state index in [4.69, 9.17) is 47.4 Å². The molecule has 1 aliphatic carbocycles. The molecule has 14 atom stereocenters. The van der Waals surface area contributed by atoms with E-state index in [0.29, 0.717) is 23.1 Å². The van der Waals surface area contributed by atoms with E-state index in [1.165, 1.54) is 11.8 Å². The molecule has 2 heterocycles. The molecule has 0 saturated carbocycles. The average Bonchev–Trinajstić information content (AvgIpc) is 1.41. The number of carbonyl (C=O) groups is 8. The molecule has 0 spiro atoms. The fraction of sp³-hybridized carbons (Fsp3) is 0.429. The van der Waals surface area contributed by atoms with Crippen molar-refractivity contribution in [2.75, 3.05) is 38.8 Å². The number of carbonyl (C=O) groups excluding carboxylic acids is 8. The molecule has 8 aromatic rings. The van der Waals surface area contributed by atoms with Crippen LogP contribution in [0.5, 0.6) is 0 Å². The van der Waals surface area contributed by atoms with Gasteiger partial charge in [-0.2, -0.15) is 0 Å². The molecule has 8 aromatic carbocycles. The van der Waals surface area contributed by atoms with Gasteiger partial charge in [0.25, 0.3) is 5.91 Å². The number of alkyl carbamates (subject to hydrolysis) is 1. The molecule has 3 aliphatic rings. The number of amides is 5. The third-order valence-electron chi connectivity index (χ3n) is 21.7. The number of ether oxygens (including phenoxy) is 10. The average molecular weight is 1730 g/mol. The van der Waals surface area contributed by atoms with Crippen molar-refractivity contribution in [1.29, 1.82) is 0 Å². The van der Waals surface area contributed by atoms with Gasteiger partial charge in [-0.15, -0.1) is 11.8 Å². The molecule has 0 bridgehead atoms. The largest absolute Gasteiger partial charge is 0.458 e. The maximum absolute atomic E-state index is 15.4. The Balaban J connectivity index is 0.920. The Hall–Kier alpha value is -10.7. The standard InChI is InChI=1S/C98H117N5O21S/c1-14-61(4)79(88(111)100-74(90(113)124-96(11,12)13)59-125-98(65-43-27-18-28-44-65,66-45-29-19-30-46-66)67-47-31-20-32-48-67)101-87(110)73(53-60(2)3)99-89(112)85-81(108)82(109)86(116-58-78(107)123-95(8,9)10)92(121-85)120-83-75(54-104)119-91(117-56-76(105)103-97(62-37-21-15-22-38-62,63-39-23-16-24-40-63)64-41-25-17-26-42-64)80(84(83)115-57-77(106)122-94(5,6)7)102-93(114)118-55-72-70-51-35-33-49-68(70)69-50-34-36-52-71(69)72/h15-52,60-61,72-75,79-86,91-92,104,108-109H,14,53-59H2,1-13H3,(H,99,112)(H,100,111)(H,101,110)(H,102,114)(H,103,105)/t61-,73-,74-,75+,79-,80+,81-,82-,83+,84+,85-,86+,91+,92+/m0/s1. The van der Waals surface area contributed by atoms with E-state index in [-0.39, 0.29) is 24.7 Å². The van der Waals surface area contributed by atoms with Crippen LogP contribution in [0.25, 0.3) is 11.1 Å². The van der Waals surface area contributed by atoms with Gasteiger partial charge in [-0.1, -0.05) is 265 Å². The van der Waals surface area contributed by atoms with Crippen molar-refractivity contribution >= 4 is 59.4 Å². The van der Waals surface area contributed by atoms with Gasteiger partial charge in [0.1, 0.15) is 110 Å². The number of rotatable bonds is 36. The number of esters is 3. The lowest BCUT2D eigenvalue weighted by Gasteiger charge is -2.48. The second-order valence-electron chi connectivity index (χ2n) is 34.9. The van der Waals surface area contributed by atoms with Crippen LogP contribution in [0.1, 0.15) is 153 Å². The predicted octanol–water partition coefficient (Wildman–Crippen LogP) is 11.6. The molecule has 27 heteroatoms. The van der Waals surface area contributed by atoms with Gasteiger partial charge >= 0.3 is 24.0 Å². The van der Waals surface area contributed by atoms with Gasteiger partial charge in [-0.05, 0) is 136 Å². The fourth-order valence-electron chi connectivity index (χ4n) is 15.9. The molecular weight excluding hydrogens is 1620 g/mol. The highest BCUT2D eigenvalue weighted by molar-refractivity contribution is 8.00. The van der Waals surface area contributed by atoms with Crippen LogP contribution in [0.2, 0.25) is 0 Å². The van der Waals surface area contributed by atoms with Crippen molar-refractivity contribution in [2.45, 2.75) is 215 Å². The summed E-state index contributed by atoms with van der Waals surface area (Å²) in [6, 6.07) is 66.6. The third-order valence-corrected chi connectivity index (χ3v) is 23.3. The van der Waals surface area contributed by atoms with E-state index in [2.05, 4.69) is 26.6 Å². The smallest absolute Gasteiger partial charge is 0.407 e. The number of aliphatic hydroxyl groups is 3. The minimum absolute atomic E-state index is 0.0378. The van der Waals surface area contributed by atoms with Gasteiger partial charge in [0.2, 0.25) is 17.7 Å². The first-order valence-corrected chi connectivity index (χ1v) is 43.4. The van der Waals surface area contributed by atoms with Crippen LogP contribution in [0.4, 0.5) is 4.79 Å². The Bertz CT molecular complexity index is 4660. The van der Waals surface area contributed by atoms with Crippen LogP contribution in [0.3, 0.4) is 0 Å². The summed E-state index contributed by atoms with van der Waals surface area (Å²) >= 11 is 1.42. The molecule has 0 unspecified atom stereocenters. The lowest BCUT2D eigenvalue weighted by molar-refractivity contribution is -0.348. The highest BCUT2D eigenvalue weighted by Gasteiger charge is 2.56. The molecule has 2 aliphatic heterocycles. The van der Waals surface area contributed by atoms with Crippen molar-refractivity contribution in [2.24, 2.45) is 11.8 Å². The highest BCUT2D eigenvalue weighted by atomic mass is 32.2. The predicted molar refractivity (Wildman–Crippen MR) is 470 cm³/mol. The van der Waals surface area contributed by atoms with Crippen LogP contribution in [-0.4, -0.2) is 198 Å². The summed E-state index contributed by atoms with van der Waals surface area (Å²) in [5.74, 6) is -7.67. The Labute approximate surface area is 735 Å². The minimum atomic E-state index is -2.27. The van der Waals surface area contributed by atoms with E-state index >= 15 is 24.0 Å². The number of fused-ring (bicyclic) bond motifs is 3. The third kappa shape index (κ3) is 24.1. The summed E-state index contributed by atoms with van der Waals surface area (Å²) in [6.45, 7) is 18.0. The monoisotopic (exact) mass is 1730 g/mol. The number of nitrogens with one attached hydrogen (secondary N) is 5. The molecular formula is C98H117N5O21S. The minimum Gasteiger partial charge on any atom is -0.458 e. The van der Waals surface area contributed by atoms with Gasteiger partial charge in [0, 0.05) is 11.7 Å². The van der Waals surface area contributed by atoms with Gasteiger partial charge in [-0.25, -0.2) is 19.2 Å². The van der Waals surface area contributed by atoms with Gasteiger partial charge in [-0.3, -0.25) is 19.2 Å². The van der Waals surface area contributed by atoms with Crippen molar-refractivity contribution in [1.82, 2.24) is 26.6 Å². The summed E-state index contributed by atoms with van der Waals surface area (Å²) in [4.78, 5) is 119. The number of hydrogen-bond acceptors (Lipinski definition) is 22. The zero-order valence-electron chi connectivity index (χ0n) is 72.9. The lowest BCUT2D eigenvalue weighted by atomic mass is 9.77. The molecule has 8 N–H and O–H groups in total. The zero-order chi connectivity index (χ0) is 90.0. The number of thioether (sulfide) groups is 1. The van der Waals surface area contributed by atoms with Crippen LogP contribution < -0.4 is 26.6 Å². The molecule has 2 fully saturated rings. The quantitative estimate of drug-likeness (QED) is 0.0103. The van der Waals surface area contributed by atoms with E-state index < -0.39 is 192 Å². The Morgan fingerprint density at radius 3 is 1.38 bits per heavy atom. The highest BCUT2D eigenvalue weighted by Crippen LogP contribution is 2.50. The molecule has 666 valence electrons. The molecule has 0 radical (unpaired) electrons. The van der Waals surface area contributed by atoms with Crippen molar-refractivity contribution < 1.29 is 101 Å². The fourth-order valence-corrected chi connectivity index (χ4v) is 17.5. The summed E-state index contributed by atoms with van der Waals surface area (Å²) in [7, 11) is 0. The maximum atomic E-state index is 15.4. The number of hydrogen-bond donors (Lipinski definition) is 8. The second-order valence-corrected chi connectivity index (χ2v) is 36.1. The Kier molecular flexibility index (Phi) is 32.3. The summed E-state index contributed by atoms with van der Waals surface area (Å²) in [6.07, 6.45) is -19.0. The van der Waals surface area contributed by atoms with Gasteiger partial charge < -0.3 is 89.3 Å². The number of aliphatic hydroxyl groups excluding tert-OH is 3. The SMILES string of the molecule is CC[C@H](C)[C@H](NC(=O)[C@H](CC(C)C)NC(=O)[C@H]1O[C@@H](O[C@H]2[C@H](OCC(=O)OC(C)(C)C)[C@@H](NC(=O)OCC3c4ccccc4-c4ccccc43)[C@H](OCC(=O)NC(c3ccccc3)(c3ccccc3)c3ccccc3)O[C@@H]2CO)[C@H](OCC(=O)OC(C)(C)C)[C@@H](O)[C@@H]1O)C(=O)N[C@@H](CSC(c1ccccc1)(c1ccccc1)c1ccccc1)C(=O)OC(C)(C)C. The van der Waals surface area contributed by atoms with Gasteiger partial charge in [0.05, 0.1) is 11.4 Å². The summed E-state index contributed by atoms with van der Waals surface area (Å²) in [5, 5.41) is 51.2. The van der Waals surface area contributed by atoms with Crippen LogP contribution >= 0.6 is 11.8 Å².